The van der Waals surface area contributed by atoms with Crippen molar-refractivity contribution in [3.63, 3.8) is 0 Å². The molecule has 10 nitrogen and oxygen atoms in total. The second kappa shape index (κ2) is 33.2. The van der Waals surface area contributed by atoms with Crippen molar-refractivity contribution in [2.24, 2.45) is 0 Å². The number of piperazine rings is 2. The molecule has 3 aromatic rings. The number of hydrogen-bond acceptors (Lipinski definition) is 12. The summed E-state index contributed by atoms with van der Waals surface area (Å²) in [4.78, 5) is 43.8. The first-order valence-electron chi connectivity index (χ1n) is 16.0. The summed E-state index contributed by atoms with van der Waals surface area (Å²) < 4.78 is 15.5. The van der Waals surface area contributed by atoms with Crippen molar-refractivity contribution in [3.8, 4) is 0 Å². The van der Waals surface area contributed by atoms with Gasteiger partial charge in [0.25, 0.3) is 6.47 Å². The van der Waals surface area contributed by atoms with E-state index in [0.717, 1.165) is 93.3 Å². The van der Waals surface area contributed by atoms with Crippen LogP contribution < -0.4 is 153 Å². The fourth-order valence-electron chi connectivity index (χ4n) is 5.35. The maximum atomic E-state index is 11.3. The van der Waals surface area contributed by atoms with Crippen LogP contribution in [0.4, 0.5) is 15.8 Å². The first-order chi connectivity index (χ1) is 24.3. The van der Waals surface area contributed by atoms with Crippen LogP contribution in [0, 0.1) is 0 Å². The third kappa shape index (κ3) is 19.1. The summed E-state index contributed by atoms with van der Waals surface area (Å²) in [6.07, 6.45) is 5.48. The van der Waals surface area contributed by atoms with Gasteiger partial charge in [0.1, 0.15) is 0 Å². The van der Waals surface area contributed by atoms with Crippen LogP contribution in [0.3, 0.4) is 0 Å². The Bertz CT molecular complexity index is 1410. The maximum Gasteiger partial charge on any atom is 1.00 e. The number of nitrogens with zero attached hydrogens (tertiary/aromatic N) is 4. The molecule has 0 atom stereocenters. The third-order valence-corrected chi connectivity index (χ3v) is 8.84. The van der Waals surface area contributed by atoms with Crippen molar-refractivity contribution in [2.45, 2.75) is 18.3 Å². The zero-order valence-corrected chi connectivity index (χ0v) is 45.1. The molecule has 1 N–H and O–H groups in total. The molecule has 0 aliphatic carbocycles. The van der Waals surface area contributed by atoms with Gasteiger partial charge in [-0.3, -0.25) is 23.7 Å². The Morgan fingerprint density at radius 1 is 0.902 bits per heavy atom. The monoisotopic (exact) mass is 1000 g/mol. The topological polar surface area (TPSA) is 117 Å². The largest absolute Gasteiger partial charge is 1.00 e. The first-order valence-corrected chi connectivity index (χ1v) is 17.8. The normalized spacial score (nSPS) is 13.8. The molecule has 2 saturated heterocycles. The van der Waals surface area contributed by atoms with Crippen LogP contribution in [-0.4, -0.2) is 113 Å². The Kier molecular flexibility index (Phi) is 33.8. The van der Waals surface area contributed by atoms with Crippen molar-refractivity contribution < 1.29 is 175 Å². The standard InChI is InChI=1S/C18H19ClN2O.C13H19BN2O2S.CH3F.CH2O3.CH4S.2Cs.H/c19-17-7-4-8-18(16(17)14-22)21-11-9-20(10-12-21)13-15-5-2-1-3-6-15;1-14(18)16-8-6-15(7-9-16)12-4-3-5-13(19-2)11(12)10-17;1-2;2-1-4-3;1-2;;;/h1-8,14H,9-13H2;3-5,10,18H,6-9H2,1-2H3;1H3;1,3H;2H,1H3;;;/q;;;;;2*+1;-1/p-1/i;;1D;;;;;. The van der Waals surface area contributed by atoms with E-state index in [0.29, 0.717) is 10.6 Å². The molecule has 0 bridgehead atoms. The quantitative estimate of drug-likeness (QED) is 0.0661. The molecule has 2 aliphatic heterocycles. The van der Waals surface area contributed by atoms with Crippen LogP contribution in [0.5, 0.6) is 0 Å². The molecule has 51 heavy (non-hydrogen) atoms. The van der Waals surface area contributed by atoms with Gasteiger partial charge >= 0.3 is 145 Å². The van der Waals surface area contributed by atoms with E-state index in [4.69, 9.17) is 23.0 Å². The summed E-state index contributed by atoms with van der Waals surface area (Å²) in [5.74, 6) is 0. The number of thiol groups is 1. The van der Waals surface area contributed by atoms with Gasteiger partial charge in [0.2, 0.25) is 0 Å². The number of thioether (sulfide) groups is 1. The number of carbonyl (C=O) groups excluding carboxylic acids is 3. The molecule has 3 aromatic carbocycles. The average molecular weight is 1000 g/mol. The Morgan fingerprint density at radius 2 is 1.37 bits per heavy atom. The summed E-state index contributed by atoms with van der Waals surface area (Å²) in [6, 6.07) is 22.1. The summed E-state index contributed by atoms with van der Waals surface area (Å²) in [5.41, 5.74) is 4.67. The number of aldehydes is 2. The Balaban J connectivity index is -0.000000742. The molecule has 0 aromatic heterocycles. The van der Waals surface area contributed by atoms with Gasteiger partial charge in [0.15, 0.2) is 12.6 Å². The molecule has 2 aliphatic rings. The minimum atomic E-state index is -1.00. The van der Waals surface area contributed by atoms with Gasteiger partial charge in [0.05, 0.1) is 24.7 Å². The van der Waals surface area contributed by atoms with Gasteiger partial charge < -0.3 is 31.2 Å². The van der Waals surface area contributed by atoms with Gasteiger partial charge in [0, 0.05) is 75.2 Å². The molecule has 0 radical (unpaired) electrons. The fraction of sp³-hybridized carbons (Fsp3) is 0.382. The van der Waals surface area contributed by atoms with E-state index >= 15 is 0 Å². The second-order valence-corrected chi connectivity index (χ2v) is 11.7. The third-order valence-electron chi connectivity index (χ3n) is 7.71. The van der Waals surface area contributed by atoms with Crippen molar-refractivity contribution in [1.82, 2.24) is 9.71 Å². The van der Waals surface area contributed by atoms with E-state index in [9.17, 15) is 19.0 Å². The molecule has 5 rings (SSSR count). The number of rotatable bonds is 9. The van der Waals surface area contributed by atoms with Gasteiger partial charge in [-0.2, -0.15) is 12.6 Å². The molecular formula is C34H47BClCs2FN4O6S2. The van der Waals surface area contributed by atoms with E-state index in [1.54, 1.807) is 30.9 Å². The van der Waals surface area contributed by atoms with Crippen LogP contribution in [-0.2, 0) is 16.2 Å². The first kappa shape index (κ1) is 52.0. The Morgan fingerprint density at radius 3 is 1.82 bits per heavy atom. The van der Waals surface area contributed by atoms with E-state index in [2.05, 4.69) is 56.5 Å². The van der Waals surface area contributed by atoms with Crippen LogP contribution in [0.2, 0.25) is 11.8 Å². The number of carbonyl (C=O) groups is 3. The van der Waals surface area contributed by atoms with Gasteiger partial charge in [-0.25, -0.2) is 0 Å². The molecule has 2 fully saturated rings. The van der Waals surface area contributed by atoms with E-state index in [1.165, 1.54) is 5.56 Å². The van der Waals surface area contributed by atoms with Gasteiger partial charge in [-0.1, -0.05) is 54.1 Å². The minimum Gasteiger partial charge on any atom is -1.00 e. The molecule has 0 amide bonds. The summed E-state index contributed by atoms with van der Waals surface area (Å²) in [6.45, 7) is 9.69. The second-order valence-electron chi connectivity index (χ2n) is 10.4. The van der Waals surface area contributed by atoms with Gasteiger partial charge in [-0.05, 0) is 49.2 Å². The zero-order chi connectivity index (χ0) is 37.3. The SMILES string of the molecule is CS.CSc1cccc(N2CCN(B(C)O)CC2)c1C=O.O=CO[O-].O=Cc1c(Cl)cccc1N1CCN(Cc2ccccc2)CC1.[2H]CF.[Cs+].[Cs+].[H-]. The number of halogens is 2. The van der Waals surface area contributed by atoms with Crippen LogP contribution in [0.25, 0.3) is 0 Å². The number of benzene rings is 3. The van der Waals surface area contributed by atoms with Crippen molar-refractivity contribution >= 4 is 73.5 Å². The molecule has 0 unspecified atom stereocenters. The minimum absolute atomic E-state index is 0. The number of anilines is 2. The van der Waals surface area contributed by atoms with Gasteiger partial charge in [-0.15, -0.1) is 11.8 Å². The fourth-order valence-corrected chi connectivity index (χ4v) is 6.15. The van der Waals surface area contributed by atoms with Crippen LogP contribution >= 0.6 is 36.0 Å². The molecular weight excluding hydrogens is 956 g/mol. The van der Waals surface area contributed by atoms with Crippen molar-refractivity contribution in [3.05, 3.63) is 88.4 Å². The maximum absolute atomic E-state index is 11.3. The Labute approximate surface area is 438 Å². The predicted octanol–water partition coefficient (Wildman–Crippen LogP) is -1.39. The average Bonchev–Trinajstić information content (AvgIpc) is 3.16. The smallest absolute Gasteiger partial charge is 1.00 e. The van der Waals surface area contributed by atoms with Crippen LogP contribution in [0.1, 0.15) is 29.1 Å². The van der Waals surface area contributed by atoms with Crippen molar-refractivity contribution in [1.29, 1.82) is 0 Å². The zero-order valence-electron chi connectivity index (χ0n) is 32.1. The molecule has 2 heterocycles. The predicted molar refractivity (Wildman–Crippen MR) is 202 cm³/mol. The molecule has 0 spiro atoms. The van der Waals surface area contributed by atoms with E-state index in [-0.39, 0.29) is 146 Å². The molecule has 17 heteroatoms. The number of alkyl halides is 1. The molecule has 270 valence electrons. The molecule has 0 saturated carbocycles. The summed E-state index contributed by atoms with van der Waals surface area (Å²) in [5, 5.41) is 18.5. The van der Waals surface area contributed by atoms with Crippen molar-refractivity contribution in [2.75, 3.05) is 81.8 Å². The van der Waals surface area contributed by atoms with E-state index in [1.807, 2.05) is 47.5 Å². The van der Waals surface area contributed by atoms with Crippen LogP contribution in [0.15, 0.2) is 71.6 Å². The van der Waals surface area contributed by atoms with E-state index < -0.39 is 14.2 Å². The Hall–Kier alpha value is 0.999. The number of hydrogen-bond donors (Lipinski definition) is 2. The summed E-state index contributed by atoms with van der Waals surface area (Å²) >= 11 is 11.2. The summed E-state index contributed by atoms with van der Waals surface area (Å²) in [7, 11) is -1.40.